The van der Waals surface area contributed by atoms with Gasteiger partial charge in [-0.05, 0) is 25.0 Å². The monoisotopic (exact) mass is 211 g/mol. The minimum Gasteiger partial charge on any atom is -0.323 e. The molecule has 2 unspecified atom stereocenters. The van der Waals surface area contributed by atoms with Crippen LogP contribution >= 0.6 is 0 Å². The van der Waals surface area contributed by atoms with Gasteiger partial charge in [0.1, 0.15) is 0 Å². The Hall–Kier alpha value is -0.670. The predicted molar refractivity (Wildman–Crippen MR) is 61.8 cm³/mol. The van der Waals surface area contributed by atoms with Gasteiger partial charge in [0.15, 0.2) is 0 Å². The molecule has 1 rings (SSSR count). The van der Waals surface area contributed by atoms with Crippen molar-refractivity contribution in [3.8, 4) is 0 Å². The summed E-state index contributed by atoms with van der Waals surface area (Å²) in [5, 5.41) is 0. The molecule has 0 amide bonds. The molecule has 0 aliphatic carbocycles. The van der Waals surface area contributed by atoms with E-state index in [9.17, 15) is 4.21 Å². The fourth-order valence-corrected chi connectivity index (χ4v) is 2.19. The van der Waals surface area contributed by atoms with Crippen molar-refractivity contribution in [3.05, 3.63) is 34.9 Å². The van der Waals surface area contributed by atoms with Gasteiger partial charge < -0.3 is 5.73 Å². The molecule has 0 saturated carbocycles. The van der Waals surface area contributed by atoms with Gasteiger partial charge in [0.2, 0.25) is 0 Å². The van der Waals surface area contributed by atoms with Crippen LogP contribution in [0, 0.1) is 13.8 Å². The third kappa shape index (κ3) is 2.93. The molecule has 0 aliphatic heterocycles. The Bertz CT molecular complexity index is 349. The smallest absolute Gasteiger partial charge is 0.0425 e. The number of aryl methyl sites for hydroxylation is 2. The summed E-state index contributed by atoms with van der Waals surface area (Å²) < 4.78 is 11.1. The number of hydrogen-bond acceptors (Lipinski definition) is 2. The maximum Gasteiger partial charge on any atom is 0.0425 e. The molecule has 0 aliphatic rings. The van der Waals surface area contributed by atoms with Gasteiger partial charge >= 0.3 is 0 Å². The van der Waals surface area contributed by atoms with E-state index in [0.29, 0.717) is 5.75 Å². The van der Waals surface area contributed by atoms with E-state index in [-0.39, 0.29) is 6.04 Å². The molecular formula is C11H17NOS. The first-order valence-corrected chi connectivity index (χ1v) is 6.36. The summed E-state index contributed by atoms with van der Waals surface area (Å²) in [5.41, 5.74) is 9.46. The number of rotatable bonds is 3. The minimum absolute atomic E-state index is 0.110. The first-order chi connectivity index (χ1) is 6.50. The molecule has 0 aromatic heterocycles. The molecule has 0 heterocycles. The van der Waals surface area contributed by atoms with Gasteiger partial charge in [-0.25, -0.2) is 0 Å². The van der Waals surface area contributed by atoms with Crippen molar-refractivity contribution >= 4 is 10.8 Å². The molecule has 2 nitrogen and oxygen atoms in total. The normalized spacial score (nSPS) is 15.1. The lowest BCUT2D eigenvalue weighted by atomic mass is 10.0. The summed E-state index contributed by atoms with van der Waals surface area (Å²) in [6, 6.07) is 6.09. The Morgan fingerprint density at radius 1 is 1.43 bits per heavy atom. The summed E-state index contributed by atoms with van der Waals surface area (Å²) >= 11 is 0. The van der Waals surface area contributed by atoms with Crippen LogP contribution in [0.5, 0.6) is 0 Å². The average Bonchev–Trinajstić information content (AvgIpc) is 2.08. The largest absolute Gasteiger partial charge is 0.323 e. The van der Waals surface area contributed by atoms with Crippen LogP contribution < -0.4 is 5.73 Å². The maximum absolute atomic E-state index is 11.1. The van der Waals surface area contributed by atoms with E-state index in [1.807, 2.05) is 13.8 Å². The zero-order valence-electron chi connectivity index (χ0n) is 8.91. The number of hydrogen-bond donors (Lipinski definition) is 1. The highest BCUT2D eigenvalue weighted by molar-refractivity contribution is 7.84. The van der Waals surface area contributed by atoms with E-state index in [4.69, 9.17) is 5.73 Å². The van der Waals surface area contributed by atoms with E-state index in [1.54, 1.807) is 6.26 Å². The molecule has 1 aromatic rings. The molecule has 0 saturated heterocycles. The van der Waals surface area contributed by atoms with E-state index < -0.39 is 10.8 Å². The fraction of sp³-hybridized carbons (Fsp3) is 0.455. The number of nitrogens with two attached hydrogens (primary N) is 1. The molecule has 0 radical (unpaired) electrons. The van der Waals surface area contributed by atoms with Crippen LogP contribution in [0.3, 0.4) is 0 Å². The Morgan fingerprint density at radius 2 is 2.07 bits per heavy atom. The van der Waals surface area contributed by atoms with Gasteiger partial charge in [0.25, 0.3) is 0 Å². The Kier molecular flexibility index (Phi) is 3.84. The second kappa shape index (κ2) is 4.71. The number of benzene rings is 1. The van der Waals surface area contributed by atoms with Crippen LogP contribution in [0.2, 0.25) is 0 Å². The van der Waals surface area contributed by atoms with Crippen molar-refractivity contribution in [2.24, 2.45) is 5.73 Å². The summed E-state index contributed by atoms with van der Waals surface area (Å²) in [4.78, 5) is 0. The topological polar surface area (TPSA) is 43.1 Å². The van der Waals surface area contributed by atoms with E-state index >= 15 is 0 Å². The second-order valence-electron chi connectivity index (χ2n) is 3.71. The summed E-state index contributed by atoms with van der Waals surface area (Å²) in [6.07, 6.45) is 1.69. The lowest BCUT2D eigenvalue weighted by Crippen LogP contribution is -2.18. The molecule has 0 fully saturated rings. The zero-order chi connectivity index (χ0) is 10.7. The van der Waals surface area contributed by atoms with Gasteiger partial charge in [-0.15, -0.1) is 0 Å². The van der Waals surface area contributed by atoms with E-state index in [2.05, 4.69) is 18.2 Å². The van der Waals surface area contributed by atoms with Crippen LogP contribution in [0.1, 0.15) is 22.7 Å². The lowest BCUT2D eigenvalue weighted by molar-refractivity contribution is 0.679. The molecule has 2 atom stereocenters. The second-order valence-corrected chi connectivity index (χ2v) is 5.19. The maximum atomic E-state index is 11.1. The Balaban J connectivity index is 2.93. The van der Waals surface area contributed by atoms with E-state index in [0.717, 1.165) is 5.56 Å². The third-order valence-electron chi connectivity index (χ3n) is 2.25. The fourth-order valence-electron chi connectivity index (χ4n) is 1.50. The first kappa shape index (κ1) is 11.4. The molecule has 3 heteroatoms. The highest BCUT2D eigenvalue weighted by Gasteiger charge is 2.10. The predicted octanol–water partition coefficient (Wildman–Crippen LogP) is 1.68. The molecule has 14 heavy (non-hydrogen) atoms. The molecule has 78 valence electrons. The van der Waals surface area contributed by atoms with Crippen molar-refractivity contribution in [1.82, 2.24) is 0 Å². The zero-order valence-corrected chi connectivity index (χ0v) is 9.73. The van der Waals surface area contributed by atoms with Crippen molar-refractivity contribution in [1.29, 1.82) is 0 Å². The Morgan fingerprint density at radius 3 is 2.64 bits per heavy atom. The molecule has 0 spiro atoms. The first-order valence-electron chi connectivity index (χ1n) is 4.63. The van der Waals surface area contributed by atoms with Crippen LogP contribution in [0.4, 0.5) is 0 Å². The van der Waals surface area contributed by atoms with Crippen molar-refractivity contribution in [2.45, 2.75) is 19.9 Å². The van der Waals surface area contributed by atoms with Gasteiger partial charge in [-0.1, -0.05) is 23.8 Å². The van der Waals surface area contributed by atoms with Crippen LogP contribution in [0.25, 0.3) is 0 Å². The third-order valence-corrected chi connectivity index (χ3v) is 3.08. The highest BCUT2D eigenvalue weighted by atomic mass is 32.2. The molecule has 0 bridgehead atoms. The highest BCUT2D eigenvalue weighted by Crippen LogP contribution is 2.17. The SMILES string of the molecule is Cc1ccc(C)c(C(N)CS(C)=O)c1. The van der Waals surface area contributed by atoms with Gasteiger partial charge in [0.05, 0.1) is 0 Å². The quantitative estimate of drug-likeness (QED) is 0.826. The van der Waals surface area contributed by atoms with Crippen LogP contribution in [0.15, 0.2) is 18.2 Å². The van der Waals surface area contributed by atoms with Gasteiger partial charge in [-0.3, -0.25) is 4.21 Å². The molecule has 2 N–H and O–H groups in total. The molecular weight excluding hydrogens is 194 g/mol. The summed E-state index contributed by atoms with van der Waals surface area (Å²) in [7, 11) is -0.836. The minimum atomic E-state index is -0.836. The summed E-state index contributed by atoms with van der Waals surface area (Å²) in [6.45, 7) is 4.08. The van der Waals surface area contributed by atoms with Crippen LogP contribution in [-0.2, 0) is 10.8 Å². The molecule has 1 aromatic carbocycles. The van der Waals surface area contributed by atoms with Gasteiger partial charge in [-0.2, -0.15) is 0 Å². The Labute approximate surface area is 88.0 Å². The summed E-state index contributed by atoms with van der Waals surface area (Å²) in [5.74, 6) is 0.532. The van der Waals surface area contributed by atoms with E-state index in [1.165, 1.54) is 11.1 Å². The average molecular weight is 211 g/mol. The lowest BCUT2D eigenvalue weighted by Gasteiger charge is -2.14. The van der Waals surface area contributed by atoms with Gasteiger partial charge in [0, 0.05) is 28.9 Å². The van der Waals surface area contributed by atoms with Crippen molar-refractivity contribution in [2.75, 3.05) is 12.0 Å². The van der Waals surface area contributed by atoms with Crippen molar-refractivity contribution in [3.63, 3.8) is 0 Å². The van der Waals surface area contributed by atoms with Crippen LogP contribution in [-0.4, -0.2) is 16.2 Å². The van der Waals surface area contributed by atoms with Crippen molar-refractivity contribution < 1.29 is 4.21 Å². The standard InChI is InChI=1S/C11H17NOS/c1-8-4-5-9(2)10(6-8)11(12)7-14(3)13/h4-6,11H,7,12H2,1-3H3.